The Morgan fingerprint density at radius 3 is 2.50 bits per heavy atom. The molecule has 0 spiro atoms. The van der Waals surface area contributed by atoms with Gasteiger partial charge in [-0.25, -0.2) is 0 Å². The first-order valence-corrected chi connectivity index (χ1v) is 8.27. The Morgan fingerprint density at radius 1 is 1.29 bits per heavy atom. The Bertz CT molecular complexity index is 571. The Labute approximate surface area is 143 Å². The molecule has 2 atom stereocenters. The van der Waals surface area contributed by atoms with E-state index in [1.807, 2.05) is 20.8 Å². The van der Waals surface area contributed by atoms with E-state index in [9.17, 15) is 9.59 Å². The van der Waals surface area contributed by atoms with Gasteiger partial charge < -0.3 is 19.7 Å². The lowest BCUT2D eigenvalue weighted by molar-refractivity contribution is -0.141. The number of morpholine rings is 1. The molecule has 2 unspecified atom stereocenters. The summed E-state index contributed by atoms with van der Waals surface area (Å²) in [5.74, 6) is 0.371. The van der Waals surface area contributed by atoms with Gasteiger partial charge in [0, 0.05) is 18.7 Å². The second-order valence-corrected chi connectivity index (χ2v) is 6.39. The number of hydrogen-bond acceptors (Lipinski definition) is 4. The molecule has 132 valence electrons. The summed E-state index contributed by atoms with van der Waals surface area (Å²) in [5.41, 5.74) is 0.504. The molecule has 6 heteroatoms. The van der Waals surface area contributed by atoms with Crippen molar-refractivity contribution >= 4 is 11.8 Å². The highest BCUT2D eigenvalue weighted by Crippen LogP contribution is 2.14. The lowest BCUT2D eigenvalue weighted by atomic mass is 10.0. The Hall–Kier alpha value is -2.08. The second kappa shape index (κ2) is 8.15. The molecule has 2 rings (SSSR count). The molecule has 1 aromatic rings. The Kier molecular flexibility index (Phi) is 6.20. The predicted molar refractivity (Wildman–Crippen MR) is 91.1 cm³/mol. The number of ether oxygens (including phenoxy) is 2. The molecule has 2 amide bonds. The first-order valence-electron chi connectivity index (χ1n) is 8.27. The minimum absolute atomic E-state index is 0.00199. The lowest BCUT2D eigenvalue weighted by Gasteiger charge is -2.35. The van der Waals surface area contributed by atoms with Crippen molar-refractivity contribution in [3.05, 3.63) is 29.8 Å². The summed E-state index contributed by atoms with van der Waals surface area (Å²) in [5, 5.41) is 2.87. The third kappa shape index (κ3) is 4.47. The number of carbonyl (C=O) groups is 2. The maximum absolute atomic E-state index is 12.8. The van der Waals surface area contributed by atoms with Gasteiger partial charge in [-0.05, 0) is 37.1 Å². The van der Waals surface area contributed by atoms with Crippen LogP contribution in [0.5, 0.6) is 5.75 Å². The van der Waals surface area contributed by atoms with Gasteiger partial charge >= 0.3 is 0 Å². The Balaban J connectivity index is 2.06. The van der Waals surface area contributed by atoms with Crippen molar-refractivity contribution in [3.8, 4) is 5.75 Å². The molecule has 0 bridgehead atoms. The number of methoxy groups -OCH3 is 1. The fourth-order valence-corrected chi connectivity index (χ4v) is 2.70. The lowest BCUT2D eigenvalue weighted by Crippen LogP contribution is -2.55. The monoisotopic (exact) mass is 334 g/mol. The van der Waals surface area contributed by atoms with Crippen LogP contribution in [0.25, 0.3) is 0 Å². The van der Waals surface area contributed by atoms with Crippen molar-refractivity contribution in [1.82, 2.24) is 10.2 Å². The molecule has 1 heterocycles. The van der Waals surface area contributed by atoms with E-state index in [0.717, 1.165) is 0 Å². The maximum atomic E-state index is 12.8. The van der Waals surface area contributed by atoms with E-state index in [4.69, 9.17) is 9.47 Å². The normalized spacial score (nSPS) is 19.0. The van der Waals surface area contributed by atoms with Gasteiger partial charge in [-0.15, -0.1) is 0 Å². The van der Waals surface area contributed by atoms with Crippen LogP contribution in [0.3, 0.4) is 0 Å². The van der Waals surface area contributed by atoms with E-state index >= 15 is 0 Å². The highest BCUT2D eigenvalue weighted by atomic mass is 16.5. The maximum Gasteiger partial charge on any atom is 0.251 e. The van der Waals surface area contributed by atoms with Gasteiger partial charge in [-0.2, -0.15) is 0 Å². The van der Waals surface area contributed by atoms with Crippen molar-refractivity contribution in [3.63, 3.8) is 0 Å². The average molecular weight is 334 g/mol. The van der Waals surface area contributed by atoms with E-state index < -0.39 is 6.04 Å². The number of rotatable bonds is 5. The van der Waals surface area contributed by atoms with Gasteiger partial charge in [0.2, 0.25) is 5.91 Å². The second-order valence-electron chi connectivity index (χ2n) is 6.39. The van der Waals surface area contributed by atoms with Gasteiger partial charge in [0.15, 0.2) is 0 Å². The van der Waals surface area contributed by atoms with Crippen LogP contribution in [-0.4, -0.2) is 55.7 Å². The Morgan fingerprint density at radius 2 is 1.96 bits per heavy atom. The number of hydrogen-bond donors (Lipinski definition) is 1. The van der Waals surface area contributed by atoms with E-state index in [2.05, 4.69) is 5.32 Å². The van der Waals surface area contributed by atoms with Gasteiger partial charge in [0.05, 0.1) is 19.8 Å². The highest BCUT2D eigenvalue weighted by molar-refractivity contribution is 5.97. The van der Waals surface area contributed by atoms with Gasteiger partial charge in [0.1, 0.15) is 11.8 Å². The molecule has 1 aliphatic rings. The first kappa shape index (κ1) is 18.3. The largest absolute Gasteiger partial charge is 0.497 e. The predicted octanol–water partition coefficient (Wildman–Crippen LogP) is 1.70. The molecule has 0 aromatic heterocycles. The number of carbonyl (C=O) groups excluding carboxylic acids is 2. The van der Waals surface area contributed by atoms with Crippen LogP contribution in [0.4, 0.5) is 0 Å². The molecular weight excluding hydrogens is 308 g/mol. The van der Waals surface area contributed by atoms with Crippen molar-refractivity contribution < 1.29 is 19.1 Å². The summed E-state index contributed by atoms with van der Waals surface area (Å²) < 4.78 is 10.6. The van der Waals surface area contributed by atoms with Crippen LogP contribution in [0.2, 0.25) is 0 Å². The molecule has 1 aliphatic heterocycles. The third-order valence-corrected chi connectivity index (χ3v) is 4.12. The minimum Gasteiger partial charge on any atom is -0.497 e. The summed E-state index contributed by atoms with van der Waals surface area (Å²) in [6.07, 6.45) is 0.0211. The smallest absolute Gasteiger partial charge is 0.251 e. The van der Waals surface area contributed by atoms with Crippen LogP contribution in [-0.2, 0) is 9.53 Å². The molecule has 1 aromatic carbocycles. The summed E-state index contributed by atoms with van der Waals surface area (Å²) in [6, 6.07) is 6.28. The summed E-state index contributed by atoms with van der Waals surface area (Å²) in [4.78, 5) is 27.0. The average Bonchev–Trinajstić information content (AvgIpc) is 2.58. The van der Waals surface area contributed by atoms with E-state index in [-0.39, 0.29) is 23.8 Å². The topological polar surface area (TPSA) is 67.9 Å². The van der Waals surface area contributed by atoms with E-state index in [0.29, 0.717) is 31.0 Å². The number of nitrogens with zero attached hydrogens (tertiary/aromatic N) is 1. The van der Waals surface area contributed by atoms with Crippen LogP contribution in [0.15, 0.2) is 24.3 Å². The van der Waals surface area contributed by atoms with Gasteiger partial charge in [-0.3, -0.25) is 9.59 Å². The number of nitrogens with one attached hydrogen (secondary N) is 1. The molecule has 24 heavy (non-hydrogen) atoms. The molecular formula is C18H26N2O4. The van der Waals surface area contributed by atoms with Gasteiger partial charge in [0.25, 0.3) is 5.91 Å². The molecule has 0 saturated carbocycles. The standard InChI is InChI=1S/C18H26N2O4/c1-12(2)16(18(22)20-9-10-24-13(3)11-20)19-17(21)14-5-7-15(23-4)8-6-14/h5-8,12-13,16H,9-11H2,1-4H3,(H,19,21). The van der Waals surface area contributed by atoms with Crippen LogP contribution in [0.1, 0.15) is 31.1 Å². The van der Waals surface area contributed by atoms with E-state index in [1.165, 1.54) is 0 Å². The van der Waals surface area contributed by atoms with E-state index in [1.54, 1.807) is 36.3 Å². The summed E-state index contributed by atoms with van der Waals surface area (Å²) >= 11 is 0. The number of amides is 2. The molecule has 6 nitrogen and oxygen atoms in total. The fraction of sp³-hybridized carbons (Fsp3) is 0.556. The first-order chi connectivity index (χ1) is 11.4. The third-order valence-electron chi connectivity index (χ3n) is 4.12. The van der Waals surface area contributed by atoms with Crippen LogP contribution in [0, 0.1) is 5.92 Å². The highest BCUT2D eigenvalue weighted by Gasteiger charge is 2.31. The van der Waals surface area contributed by atoms with Crippen molar-refractivity contribution in [2.75, 3.05) is 26.8 Å². The zero-order chi connectivity index (χ0) is 17.7. The SMILES string of the molecule is COc1ccc(C(=O)NC(C(=O)N2CCOC(C)C2)C(C)C)cc1. The van der Waals surface area contributed by atoms with Gasteiger partial charge in [-0.1, -0.05) is 13.8 Å². The van der Waals surface area contributed by atoms with Crippen molar-refractivity contribution in [2.24, 2.45) is 5.92 Å². The molecule has 0 aliphatic carbocycles. The minimum atomic E-state index is -0.551. The zero-order valence-electron chi connectivity index (χ0n) is 14.7. The summed E-state index contributed by atoms with van der Waals surface area (Å²) in [7, 11) is 1.58. The summed E-state index contributed by atoms with van der Waals surface area (Å²) in [6.45, 7) is 7.46. The zero-order valence-corrected chi connectivity index (χ0v) is 14.7. The molecule has 1 saturated heterocycles. The molecule has 1 fully saturated rings. The quantitative estimate of drug-likeness (QED) is 0.890. The molecule has 0 radical (unpaired) electrons. The molecule has 1 N–H and O–H groups in total. The van der Waals surface area contributed by atoms with Crippen LogP contribution < -0.4 is 10.1 Å². The fourth-order valence-electron chi connectivity index (χ4n) is 2.70. The van der Waals surface area contributed by atoms with Crippen molar-refractivity contribution in [2.45, 2.75) is 32.9 Å². The van der Waals surface area contributed by atoms with Crippen LogP contribution >= 0.6 is 0 Å². The number of benzene rings is 1. The van der Waals surface area contributed by atoms with Crippen molar-refractivity contribution in [1.29, 1.82) is 0 Å².